The van der Waals surface area contributed by atoms with Crippen molar-refractivity contribution in [3.8, 4) is 5.75 Å². The van der Waals surface area contributed by atoms with Gasteiger partial charge in [0.25, 0.3) is 0 Å². The van der Waals surface area contributed by atoms with E-state index in [1.165, 1.54) is 17.7 Å². The van der Waals surface area contributed by atoms with Crippen LogP contribution in [0.25, 0.3) is 0 Å². The van der Waals surface area contributed by atoms with E-state index >= 15 is 0 Å². The smallest absolute Gasteiger partial charge is 0.174 e. The monoisotopic (exact) mass is 499 g/mol. The van der Waals surface area contributed by atoms with Gasteiger partial charge in [0.2, 0.25) is 0 Å². The molecule has 0 bridgehead atoms. The molecule has 2 aromatic heterocycles. The molecule has 2 aliphatic rings. The van der Waals surface area contributed by atoms with Gasteiger partial charge in [0.15, 0.2) is 5.11 Å². The lowest BCUT2D eigenvalue weighted by molar-refractivity contribution is 0.210. The standard InChI is InChI=1S/C23H22BrN3OS2/c24-20-13-12-19(30-20)22-21(18-7-3-4-14-25-18)26-23(29)27(22)15-8-10-17(11-9-15)28-16-5-1-2-6-16/h3-4,7-14,16,21-22H,1-2,5-6H2,(H,26,29)/t21-,22-/m1/s1. The van der Waals surface area contributed by atoms with E-state index in [0.29, 0.717) is 11.2 Å². The minimum atomic E-state index is -0.0151. The van der Waals surface area contributed by atoms with Crippen LogP contribution in [-0.4, -0.2) is 16.2 Å². The first-order valence-electron chi connectivity index (χ1n) is 10.2. The average Bonchev–Trinajstić information content (AvgIpc) is 3.50. The van der Waals surface area contributed by atoms with Crippen LogP contribution < -0.4 is 15.0 Å². The van der Waals surface area contributed by atoms with Gasteiger partial charge in [-0.05, 0) is 102 Å². The molecule has 0 radical (unpaired) electrons. The molecule has 1 aliphatic carbocycles. The summed E-state index contributed by atoms with van der Waals surface area (Å²) in [4.78, 5) is 8.03. The highest BCUT2D eigenvalue weighted by atomic mass is 79.9. The third kappa shape index (κ3) is 3.98. The number of ether oxygens (including phenoxy) is 1. The largest absolute Gasteiger partial charge is 0.490 e. The molecule has 1 saturated heterocycles. The third-order valence-corrected chi connectivity index (χ3v) is 7.71. The number of anilines is 1. The van der Waals surface area contributed by atoms with Crippen molar-refractivity contribution in [1.29, 1.82) is 0 Å². The summed E-state index contributed by atoms with van der Waals surface area (Å²) in [6.07, 6.45) is 7.04. The summed E-state index contributed by atoms with van der Waals surface area (Å²) in [6.45, 7) is 0. The van der Waals surface area contributed by atoms with Crippen LogP contribution in [0.3, 0.4) is 0 Å². The molecule has 1 saturated carbocycles. The van der Waals surface area contributed by atoms with E-state index in [-0.39, 0.29) is 12.1 Å². The topological polar surface area (TPSA) is 37.4 Å². The van der Waals surface area contributed by atoms with Gasteiger partial charge in [0.1, 0.15) is 5.75 Å². The van der Waals surface area contributed by atoms with Gasteiger partial charge in [0.05, 0.1) is 27.7 Å². The van der Waals surface area contributed by atoms with Crippen LogP contribution in [0.1, 0.15) is 48.3 Å². The lowest BCUT2D eigenvalue weighted by atomic mass is 10.0. The number of hydrogen-bond acceptors (Lipinski definition) is 4. The highest BCUT2D eigenvalue weighted by Gasteiger charge is 2.41. The second-order valence-electron chi connectivity index (χ2n) is 7.66. The highest BCUT2D eigenvalue weighted by Crippen LogP contribution is 2.44. The second-order valence-corrected chi connectivity index (χ2v) is 10.5. The number of thiocarbonyl (C=S) groups is 1. The Balaban J connectivity index is 1.46. The molecule has 3 aromatic rings. The summed E-state index contributed by atoms with van der Waals surface area (Å²) < 4.78 is 7.25. The molecule has 1 aromatic carbocycles. The molecule has 1 N–H and O–H groups in total. The lowest BCUT2D eigenvalue weighted by Crippen LogP contribution is -2.29. The number of rotatable bonds is 5. The molecule has 0 amide bonds. The van der Waals surface area contributed by atoms with Crippen LogP contribution in [0.5, 0.6) is 5.75 Å². The SMILES string of the molecule is S=C1N[C@H](c2ccccn2)[C@@H](c2ccc(Br)s2)N1c1ccc(OC2CCCC2)cc1. The van der Waals surface area contributed by atoms with Crippen molar-refractivity contribution in [2.24, 2.45) is 0 Å². The van der Waals surface area contributed by atoms with E-state index in [1.54, 1.807) is 11.3 Å². The molecule has 1 aliphatic heterocycles. The second kappa shape index (κ2) is 8.65. The number of nitrogens with zero attached hydrogens (tertiary/aromatic N) is 2. The molecule has 2 fully saturated rings. The van der Waals surface area contributed by atoms with E-state index in [4.69, 9.17) is 17.0 Å². The first-order valence-corrected chi connectivity index (χ1v) is 12.2. The molecule has 30 heavy (non-hydrogen) atoms. The van der Waals surface area contributed by atoms with Gasteiger partial charge in [-0.1, -0.05) is 6.07 Å². The van der Waals surface area contributed by atoms with Gasteiger partial charge in [-0.25, -0.2) is 0 Å². The Morgan fingerprint density at radius 3 is 2.53 bits per heavy atom. The molecular formula is C23H22BrN3OS2. The van der Waals surface area contributed by atoms with Crippen LogP contribution in [0.4, 0.5) is 5.69 Å². The Kier molecular flexibility index (Phi) is 5.76. The Morgan fingerprint density at radius 1 is 1.07 bits per heavy atom. The molecule has 5 rings (SSSR count). The molecule has 0 spiro atoms. The number of pyridine rings is 1. The normalized spacial score (nSPS) is 21.8. The van der Waals surface area contributed by atoms with Crippen molar-refractivity contribution in [3.63, 3.8) is 0 Å². The maximum Gasteiger partial charge on any atom is 0.174 e. The Morgan fingerprint density at radius 2 is 1.87 bits per heavy atom. The zero-order valence-electron chi connectivity index (χ0n) is 16.3. The van der Waals surface area contributed by atoms with E-state index < -0.39 is 0 Å². The predicted molar refractivity (Wildman–Crippen MR) is 129 cm³/mol. The van der Waals surface area contributed by atoms with Gasteiger partial charge >= 0.3 is 0 Å². The molecule has 3 heterocycles. The van der Waals surface area contributed by atoms with Gasteiger partial charge < -0.3 is 15.0 Å². The average molecular weight is 500 g/mol. The van der Waals surface area contributed by atoms with Crippen LogP contribution in [0.15, 0.2) is 64.6 Å². The fourth-order valence-electron chi connectivity index (χ4n) is 4.29. The molecule has 2 atom stereocenters. The van der Waals surface area contributed by atoms with Gasteiger partial charge in [0, 0.05) is 16.8 Å². The Hall–Kier alpha value is -1.96. The fraction of sp³-hybridized carbons (Fsp3) is 0.304. The number of benzene rings is 1. The molecule has 4 nitrogen and oxygen atoms in total. The quantitative estimate of drug-likeness (QED) is 0.410. The summed E-state index contributed by atoms with van der Waals surface area (Å²) >= 11 is 11.1. The van der Waals surface area contributed by atoms with Crippen molar-refractivity contribution in [3.05, 3.63) is 75.2 Å². The summed E-state index contributed by atoms with van der Waals surface area (Å²) in [7, 11) is 0. The van der Waals surface area contributed by atoms with Crippen LogP contribution >= 0.6 is 39.5 Å². The number of nitrogens with one attached hydrogen (secondary N) is 1. The molecule has 7 heteroatoms. The first-order chi connectivity index (χ1) is 14.7. The first kappa shape index (κ1) is 20.0. The zero-order valence-corrected chi connectivity index (χ0v) is 19.6. The van der Waals surface area contributed by atoms with Crippen LogP contribution in [-0.2, 0) is 0 Å². The van der Waals surface area contributed by atoms with Crippen molar-refractivity contribution < 1.29 is 4.74 Å². The summed E-state index contributed by atoms with van der Waals surface area (Å²) in [5.41, 5.74) is 2.04. The van der Waals surface area contributed by atoms with Crippen molar-refractivity contribution >= 4 is 50.3 Å². The summed E-state index contributed by atoms with van der Waals surface area (Å²) in [5, 5.41) is 4.22. The van der Waals surface area contributed by atoms with E-state index in [1.807, 2.05) is 18.3 Å². The highest BCUT2D eigenvalue weighted by molar-refractivity contribution is 9.11. The molecule has 0 unspecified atom stereocenters. The summed E-state index contributed by atoms with van der Waals surface area (Å²) in [6, 6.07) is 18.6. The predicted octanol–water partition coefficient (Wildman–Crippen LogP) is 6.40. The van der Waals surface area contributed by atoms with E-state index in [9.17, 15) is 0 Å². The van der Waals surface area contributed by atoms with Crippen molar-refractivity contribution in [2.75, 3.05) is 4.90 Å². The number of halogens is 1. The van der Waals surface area contributed by atoms with Crippen molar-refractivity contribution in [1.82, 2.24) is 10.3 Å². The molecular weight excluding hydrogens is 478 g/mol. The van der Waals surface area contributed by atoms with Crippen LogP contribution in [0.2, 0.25) is 0 Å². The number of hydrogen-bond donors (Lipinski definition) is 1. The van der Waals surface area contributed by atoms with E-state index in [2.05, 4.69) is 73.6 Å². The number of thiophene rings is 1. The van der Waals surface area contributed by atoms with Crippen LogP contribution in [0, 0.1) is 0 Å². The maximum atomic E-state index is 6.14. The molecule has 154 valence electrons. The maximum absolute atomic E-state index is 6.14. The minimum absolute atomic E-state index is 0.0151. The number of aromatic nitrogens is 1. The van der Waals surface area contributed by atoms with Gasteiger partial charge in [-0.15, -0.1) is 11.3 Å². The minimum Gasteiger partial charge on any atom is -0.490 e. The van der Waals surface area contributed by atoms with E-state index in [0.717, 1.165) is 33.8 Å². The Bertz CT molecular complexity index is 1020. The third-order valence-electron chi connectivity index (χ3n) is 5.70. The Labute approximate surface area is 194 Å². The van der Waals surface area contributed by atoms with Crippen molar-refractivity contribution in [2.45, 2.75) is 43.9 Å². The van der Waals surface area contributed by atoms with Gasteiger partial charge in [-0.2, -0.15) is 0 Å². The fourth-order valence-corrected chi connectivity index (χ4v) is 6.19. The zero-order chi connectivity index (χ0) is 20.5. The lowest BCUT2D eigenvalue weighted by Gasteiger charge is -2.27. The van der Waals surface area contributed by atoms with Gasteiger partial charge in [-0.3, -0.25) is 4.98 Å². The summed E-state index contributed by atoms with van der Waals surface area (Å²) in [5.74, 6) is 0.931.